The highest BCUT2D eigenvalue weighted by Crippen LogP contribution is 2.19. The molecular formula is C16H20N4O3. The Kier molecular flexibility index (Phi) is 4.57. The molecule has 1 aliphatic rings. The highest BCUT2D eigenvalue weighted by molar-refractivity contribution is 5.74. The Bertz CT molecular complexity index is 685. The SMILES string of the molecule is Cc1ccccc1-c1noc(CNC(=O)N2CCCC(O)C2)n1. The summed E-state index contributed by atoms with van der Waals surface area (Å²) in [4.78, 5) is 18.0. The first kappa shape index (κ1) is 15.5. The Morgan fingerprint density at radius 3 is 3.09 bits per heavy atom. The van der Waals surface area contributed by atoms with E-state index in [0.717, 1.165) is 24.0 Å². The van der Waals surface area contributed by atoms with Crippen LogP contribution in [0.4, 0.5) is 4.79 Å². The van der Waals surface area contributed by atoms with Gasteiger partial charge in [0.15, 0.2) is 0 Å². The smallest absolute Gasteiger partial charge is 0.317 e. The summed E-state index contributed by atoms with van der Waals surface area (Å²) >= 11 is 0. The van der Waals surface area contributed by atoms with E-state index < -0.39 is 6.10 Å². The number of amides is 2. The van der Waals surface area contributed by atoms with Crippen molar-refractivity contribution in [3.05, 3.63) is 35.7 Å². The number of carbonyl (C=O) groups excluding carboxylic acids is 1. The van der Waals surface area contributed by atoms with Crippen molar-refractivity contribution in [1.29, 1.82) is 0 Å². The van der Waals surface area contributed by atoms with Gasteiger partial charge in [0, 0.05) is 18.7 Å². The number of β-amino-alcohol motifs (C(OH)–C–C–N with tert-alkyl or cyclic N) is 1. The van der Waals surface area contributed by atoms with E-state index in [-0.39, 0.29) is 12.6 Å². The van der Waals surface area contributed by atoms with Gasteiger partial charge < -0.3 is 19.8 Å². The molecular weight excluding hydrogens is 296 g/mol. The van der Waals surface area contributed by atoms with Gasteiger partial charge in [0.25, 0.3) is 0 Å². The van der Waals surface area contributed by atoms with Crippen LogP contribution >= 0.6 is 0 Å². The van der Waals surface area contributed by atoms with Crippen molar-refractivity contribution in [1.82, 2.24) is 20.4 Å². The minimum absolute atomic E-state index is 0.171. The molecule has 122 valence electrons. The van der Waals surface area contributed by atoms with Crippen molar-refractivity contribution in [2.75, 3.05) is 13.1 Å². The zero-order valence-corrected chi connectivity index (χ0v) is 13.0. The highest BCUT2D eigenvalue weighted by Gasteiger charge is 2.22. The number of nitrogens with one attached hydrogen (secondary N) is 1. The number of urea groups is 1. The van der Waals surface area contributed by atoms with E-state index in [1.807, 2.05) is 31.2 Å². The van der Waals surface area contributed by atoms with E-state index in [1.165, 1.54) is 0 Å². The van der Waals surface area contributed by atoms with Crippen LogP contribution in [0.5, 0.6) is 0 Å². The fourth-order valence-corrected chi connectivity index (χ4v) is 2.66. The lowest BCUT2D eigenvalue weighted by molar-refractivity contribution is 0.0839. The Morgan fingerprint density at radius 1 is 1.48 bits per heavy atom. The van der Waals surface area contributed by atoms with Crippen molar-refractivity contribution in [3.8, 4) is 11.4 Å². The summed E-state index contributed by atoms with van der Waals surface area (Å²) in [5.41, 5.74) is 1.97. The minimum Gasteiger partial charge on any atom is -0.391 e. The average Bonchev–Trinajstić information content (AvgIpc) is 3.02. The van der Waals surface area contributed by atoms with Crippen molar-refractivity contribution in [2.24, 2.45) is 0 Å². The Morgan fingerprint density at radius 2 is 2.30 bits per heavy atom. The first-order valence-corrected chi connectivity index (χ1v) is 7.73. The van der Waals surface area contributed by atoms with Crippen LogP contribution < -0.4 is 5.32 Å². The standard InChI is InChI=1S/C16H20N4O3/c1-11-5-2-3-7-13(11)15-18-14(23-19-15)9-17-16(22)20-8-4-6-12(21)10-20/h2-3,5,7,12,21H,4,6,8-10H2,1H3,(H,17,22). The van der Waals surface area contributed by atoms with E-state index in [4.69, 9.17) is 4.52 Å². The molecule has 1 aromatic heterocycles. The van der Waals surface area contributed by atoms with E-state index in [1.54, 1.807) is 4.90 Å². The lowest BCUT2D eigenvalue weighted by Gasteiger charge is -2.29. The molecule has 0 radical (unpaired) electrons. The number of hydrogen-bond donors (Lipinski definition) is 2. The maximum absolute atomic E-state index is 12.1. The molecule has 0 saturated carbocycles. The van der Waals surface area contributed by atoms with Crippen LogP contribution in [0.2, 0.25) is 0 Å². The van der Waals surface area contributed by atoms with Crippen molar-refractivity contribution >= 4 is 6.03 Å². The van der Waals surface area contributed by atoms with E-state index >= 15 is 0 Å². The van der Waals surface area contributed by atoms with Gasteiger partial charge in [0.1, 0.15) is 0 Å². The largest absolute Gasteiger partial charge is 0.391 e. The number of benzene rings is 1. The van der Waals surface area contributed by atoms with Crippen LogP contribution in [0, 0.1) is 6.92 Å². The number of aryl methyl sites for hydroxylation is 1. The molecule has 0 bridgehead atoms. The second-order valence-electron chi connectivity index (χ2n) is 5.73. The Balaban J connectivity index is 1.59. The topological polar surface area (TPSA) is 91.5 Å². The normalized spacial score (nSPS) is 18.0. The number of aromatic nitrogens is 2. The predicted molar refractivity (Wildman–Crippen MR) is 83.5 cm³/mol. The van der Waals surface area contributed by atoms with Crippen LogP contribution in [0.15, 0.2) is 28.8 Å². The maximum atomic E-state index is 12.1. The molecule has 2 N–H and O–H groups in total. The van der Waals surface area contributed by atoms with Crippen LogP contribution in [0.1, 0.15) is 24.3 Å². The molecule has 1 atom stereocenters. The molecule has 7 heteroatoms. The lowest BCUT2D eigenvalue weighted by atomic mass is 10.1. The van der Waals surface area contributed by atoms with E-state index in [2.05, 4.69) is 15.5 Å². The summed E-state index contributed by atoms with van der Waals surface area (Å²) in [7, 11) is 0. The summed E-state index contributed by atoms with van der Waals surface area (Å²) in [6, 6.07) is 7.56. The molecule has 0 spiro atoms. The molecule has 7 nitrogen and oxygen atoms in total. The molecule has 3 rings (SSSR count). The molecule has 1 aliphatic heterocycles. The summed E-state index contributed by atoms with van der Waals surface area (Å²) in [6.07, 6.45) is 1.12. The monoisotopic (exact) mass is 316 g/mol. The van der Waals surface area contributed by atoms with Gasteiger partial charge in [-0.2, -0.15) is 4.98 Å². The molecule has 23 heavy (non-hydrogen) atoms. The average molecular weight is 316 g/mol. The lowest BCUT2D eigenvalue weighted by Crippen LogP contribution is -2.46. The number of nitrogens with zero attached hydrogens (tertiary/aromatic N) is 3. The third kappa shape index (κ3) is 3.68. The van der Waals surface area contributed by atoms with Gasteiger partial charge in [-0.3, -0.25) is 0 Å². The highest BCUT2D eigenvalue weighted by atomic mass is 16.5. The van der Waals surface area contributed by atoms with Crippen molar-refractivity contribution in [3.63, 3.8) is 0 Å². The molecule has 1 unspecified atom stereocenters. The number of aliphatic hydroxyl groups is 1. The second kappa shape index (κ2) is 6.78. The number of carbonyl (C=O) groups is 1. The van der Waals surface area contributed by atoms with Gasteiger partial charge in [0.05, 0.1) is 12.6 Å². The first-order chi connectivity index (χ1) is 11.1. The fraction of sp³-hybridized carbons (Fsp3) is 0.438. The fourth-order valence-electron chi connectivity index (χ4n) is 2.66. The van der Waals surface area contributed by atoms with E-state index in [0.29, 0.717) is 24.8 Å². The number of rotatable bonds is 3. The Hall–Kier alpha value is -2.41. The molecule has 2 aromatic rings. The molecule has 0 aliphatic carbocycles. The number of likely N-dealkylation sites (tertiary alicyclic amines) is 1. The second-order valence-corrected chi connectivity index (χ2v) is 5.73. The Labute approximate surface area is 134 Å². The first-order valence-electron chi connectivity index (χ1n) is 7.73. The maximum Gasteiger partial charge on any atom is 0.317 e. The number of piperidine rings is 1. The zero-order valence-electron chi connectivity index (χ0n) is 13.0. The molecule has 1 fully saturated rings. The third-order valence-electron chi connectivity index (χ3n) is 3.93. The zero-order chi connectivity index (χ0) is 16.2. The van der Waals surface area contributed by atoms with Gasteiger partial charge in [-0.05, 0) is 25.3 Å². The van der Waals surface area contributed by atoms with Gasteiger partial charge in [-0.1, -0.05) is 29.4 Å². The summed E-state index contributed by atoms with van der Waals surface area (Å²) in [5.74, 6) is 0.870. The quantitative estimate of drug-likeness (QED) is 0.899. The third-order valence-corrected chi connectivity index (χ3v) is 3.93. The molecule has 1 saturated heterocycles. The van der Waals surface area contributed by atoms with Gasteiger partial charge in [-0.15, -0.1) is 0 Å². The molecule has 1 aromatic carbocycles. The molecule has 2 amide bonds. The summed E-state index contributed by atoms with van der Waals surface area (Å²) < 4.78 is 5.19. The van der Waals surface area contributed by atoms with Gasteiger partial charge in [0.2, 0.25) is 11.7 Å². The summed E-state index contributed by atoms with van der Waals surface area (Å²) in [5, 5.41) is 16.3. The van der Waals surface area contributed by atoms with Crippen LogP contribution in [0.25, 0.3) is 11.4 Å². The number of hydrogen-bond acceptors (Lipinski definition) is 5. The summed E-state index contributed by atoms with van der Waals surface area (Å²) in [6.45, 7) is 3.17. The van der Waals surface area contributed by atoms with Crippen molar-refractivity contribution < 1.29 is 14.4 Å². The van der Waals surface area contributed by atoms with Gasteiger partial charge >= 0.3 is 6.03 Å². The minimum atomic E-state index is -0.439. The van der Waals surface area contributed by atoms with Crippen LogP contribution in [0.3, 0.4) is 0 Å². The number of aliphatic hydroxyl groups excluding tert-OH is 1. The van der Waals surface area contributed by atoms with Crippen LogP contribution in [-0.2, 0) is 6.54 Å². The van der Waals surface area contributed by atoms with Gasteiger partial charge in [-0.25, -0.2) is 4.79 Å². The predicted octanol–water partition coefficient (Wildman–Crippen LogP) is 1.71. The van der Waals surface area contributed by atoms with E-state index in [9.17, 15) is 9.90 Å². The van der Waals surface area contributed by atoms with Crippen molar-refractivity contribution in [2.45, 2.75) is 32.4 Å². The molecule has 2 heterocycles. The van der Waals surface area contributed by atoms with Crippen LogP contribution in [-0.4, -0.2) is 45.4 Å².